The van der Waals surface area contributed by atoms with Crippen molar-refractivity contribution in [2.24, 2.45) is 0 Å². The Hall–Kier alpha value is -1.63. The van der Waals surface area contributed by atoms with Crippen LogP contribution < -0.4 is 4.90 Å². The fourth-order valence-electron chi connectivity index (χ4n) is 1.33. The molecule has 4 nitrogen and oxygen atoms in total. The zero-order chi connectivity index (χ0) is 11.1. The lowest BCUT2D eigenvalue weighted by Crippen LogP contribution is -2.19. The van der Waals surface area contributed by atoms with Gasteiger partial charge in [-0.1, -0.05) is 19.8 Å². The van der Waals surface area contributed by atoms with Gasteiger partial charge in [0.1, 0.15) is 23.9 Å². The second-order valence-electron chi connectivity index (χ2n) is 3.50. The van der Waals surface area contributed by atoms with E-state index in [4.69, 9.17) is 5.26 Å². The summed E-state index contributed by atoms with van der Waals surface area (Å²) in [4.78, 5) is 10.0. The zero-order valence-corrected chi connectivity index (χ0v) is 9.27. The largest absolute Gasteiger partial charge is 0.360 e. The summed E-state index contributed by atoms with van der Waals surface area (Å²) in [6, 6.07) is 3.73. The molecule has 1 aromatic rings. The van der Waals surface area contributed by atoms with Crippen LogP contribution in [0.5, 0.6) is 0 Å². The molecule has 0 saturated carbocycles. The average Bonchev–Trinajstić information content (AvgIpc) is 2.29. The molecule has 80 valence electrons. The molecule has 0 atom stereocenters. The Morgan fingerprint density at radius 3 is 2.87 bits per heavy atom. The average molecular weight is 204 g/mol. The molecule has 0 aliphatic rings. The van der Waals surface area contributed by atoms with Crippen LogP contribution in [-0.4, -0.2) is 23.6 Å². The number of nitrogens with zero attached hydrogens (tertiary/aromatic N) is 4. The molecule has 0 fully saturated rings. The number of aromatic nitrogens is 2. The third kappa shape index (κ3) is 3.55. The van der Waals surface area contributed by atoms with Gasteiger partial charge >= 0.3 is 0 Å². The molecule has 1 heterocycles. The van der Waals surface area contributed by atoms with Crippen molar-refractivity contribution in [3.05, 3.63) is 18.1 Å². The molecular formula is C11H16N4. The summed E-state index contributed by atoms with van der Waals surface area (Å²) in [6.45, 7) is 3.15. The van der Waals surface area contributed by atoms with Gasteiger partial charge in [-0.3, -0.25) is 0 Å². The van der Waals surface area contributed by atoms with Crippen LogP contribution in [0.25, 0.3) is 0 Å². The van der Waals surface area contributed by atoms with E-state index < -0.39 is 0 Å². The van der Waals surface area contributed by atoms with Crippen LogP contribution in [0.4, 0.5) is 5.82 Å². The van der Waals surface area contributed by atoms with Crippen molar-refractivity contribution >= 4 is 5.82 Å². The molecule has 1 aromatic heterocycles. The Morgan fingerprint density at radius 2 is 2.20 bits per heavy atom. The highest BCUT2D eigenvalue weighted by Crippen LogP contribution is 2.09. The van der Waals surface area contributed by atoms with Crippen LogP contribution in [0.3, 0.4) is 0 Å². The Balaban J connectivity index is 2.57. The lowest BCUT2D eigenvalue weighted by molar-refractivity contribution is 0.700. The number of hydrogen-bond donors (Lipinski definition) is 0. The maximum atomic E-state index is 8.70. The molecule has 0 radical (unpaired) electrons. The summed E-state index contributed by atoms with van der Waals surface area (Å²) in [6.07, 6.45) is 5.02. The second kappa shape index (κ2) is 5.97. The van der Waals surface area contributed by atoms with Gasteiger partial charge in [0.2, 0.25) is 0 Å². The standard InChI is InChI=1S/C11H16N4/c1-3-4-5-6-15(2)11-7-10(8-12)13-9-14-11/h7,9H,3-6H2,1-2H3. The second-order valence-corrected chi connectivity index (χ2v) is 3.50. The molecule has 0 aliphatic heterocycles. The molecule has 15 heavy (non-hydrogen) atoms. The van der Waals surface area contributed by atoms with Crippen molar-refractivity contribution in [1.29, 1.82) is 5.26 Å². The van der Waals surface area contributed by atoms with E-state index in [0.717, 1.165) is 18.8 Å². The predicted octanol–water partition coefficient (Wildman–Crippen LogP) is 1.97. The Morgan fingerprint density at radius 1 is 1.40 bits per heavy atom. The number of rotatable bonds is 5. The van der Waals surface area contributed by atoms with Gasteiger partial charge in [0, 0.05) is 19.7 Å². The molecule has 0 N–H and O–H groups in total. The SMILES string of the molecule is CCCCCN(C)c1cc(C#N)ncn1. The summed E-state index contributed by atoms with van der Waals surface area (Å²) < 4.78 is 0. The molecule has 1 rings (SSSR count). The number of hydrogen-bond acceptors (Lipinski definition) is 4. The zero-order valence-electron chi connectivity index (χ0n) is 9.27. The molecule has 0 amide bonds. The molecular weight excluding hydrogens is 188 g/mol. The summed E-state index contributed by atoms with van der Waals surface area (Å²) in [5, 5.41) is 8.70. The highest BCUT2D eigenvalue weighted by Gasteiger charge is 2.03. The molecule has 0 spiro atoms. The van der Waals surface area contributed by atoms with Gasteiger partial charge in [-0.15, -0.1) is 0 Å². The third-order valence-electron chi connectivity index (χ3n) is 2.26. The van der Waals surface area contributed by atoms with E-state index in [-0.39, 0.29) is 0 Å². The molecule has 0 saturated heterocycles. The number of nitriles is 1. The minimum absolute atomic E-state index is 0.419. The Labute approximate surface area is 90.6 Å². The van der Waals surface area contributed by atoms with E-state index in [1.54, 1.807) is 6.07 Å². The summed E-state index contributed by atoms with van der Waals surface area (Å²) in [5.74, 6) is 0.817. The van der Waals surface area contributed by atoms with Gasteiger partial charge in [0.15, 0.2) is 0 Å². The smallest absolute Gasteiger partial charge is 0.145 e. The van der Waals surface area contributed by atoms with Crippen molar-refractivity contribution in [1.82, 2.24) is 9.97 Å². The maximum absolute atomic E-state index is 8.70. The van der Waals surface area contributed by atoms with Gasteiger partial charge in [0.25, 0.3) is 0 Å². The highest BCUT2D eigenvalue weighted by atomic mass is 15.2. The van der Waals surface area contributed by atoms with Crippen LogP contribution in [0.2, 0.25) is 0 Å². The maximum Gasteiger partial charge on any atom is 0.145 e. The van der Waals surface area contributed by atoms with E-state index in [9.17, 15) is 0 Å². The molecule has 0 aromatic carbocycles. The first-order valence-corrected chi connectivity index (χ1v) is 5.21. The van der Waals surface area contributed by atoms with Crippen LogP contribution in [-0.2, 0) is 0 Å². The van der Waals surface area contributed by atoms with Crippen molar-refractivity contribution in [2.45, 2.75) is 26.2 Å². The van der Waals surface area contributed by atoms with E-state index in [2.05, 4.69) is 21.8 Å². The Bertz CT molecular complexity index is 343. The van der Waals surface area contributed by atoms with Crippen LogP contribution in [0.1, 0.15) is 31.9 Å². The van der Waals surface area contributed by atoms with Crippen molar-refractivity contribution < 1.29 is 0 Å². The van der Waals surface area contributed by atoms with Crippen LogP contribution >= 0.6 is 0 Å². The van der Waals surface area contributed by atoms with E-state index >= 15 is 0 Å². The molecule has 4 heteroatoms. The van der Waals surface area contributed by atoms with Crippen molar-refractivity contribution in [2.75, 3.05) is 18.5 Å². The molecule has 0 bridgehead atoms. The Kier molecular flexibility index (Phi) is 4.55. The monoisotopic (exact) mass is 204 g/mol. The minimum Gasteiger partial charge on any atom is -0.360 e. The quantitative estimate of drug-likeness (QED) is 0.688. The topological polar surface area (TPSA) is 52.8 Å². The minimum atomic E-state index is 0.419. The first-order chi connectivity index (χ1) is 7.27. The summed E-state index contributed by atoms with van der Waals surface area (Å²) >= 11 is 0. The molecule has 0 unspecified atom stereocenters. The first kappa shape index (κ1) is 11.4. The number of unbranched alkanes of at least 4 members (excludes halogenated alkanes) is 2. The van der Waals surface area contributed by atoms with E-state index in [1.807, 2.05) is 13.1 Å². The van der Waals surface area contributed by atoms with Crippen LogP contribution in [0, 0.1) is 11.3 Å². The van der Waals surface area contributed by atoms with Crippen molar-refractivity contribution in [3.63, 3.8) is 0 Å². The van der Waals surface area contributed by atoms with Crippen molar-refractivity contribution in [3.8, 4) is 6.07 Å². The third-order valence-corrected chi connectivity index (χ3v) is 2.26. The van der Waals surface area contributed by atoms with Gasteiger partial charge in [-0.2, -0.15) is 5.26 Å². The lowest BCUT2D eigenvalue weighted by Gasteiger charge is -2.17. The summed E-state index contributed by atoms with van der Waals surface area (Å²) in [7, 11) is 1.99. The van der Waals surface area contributed by atoms with Gasteiger partial charge in [0.05, 0.1) is 0 Å². The highest BCUT2D eigenvalue weighted by molar-refractivity contribution is 5.40. The normalized spacial score (nSPS) is 9.67. The van der Waals surface area contributed by atoms with Gasteiger partial charge in [-0.25, -0.2) is 9.97 Å². The predicted molar refractivity (Wildman–Crippen MR) is 59.5 cm³/mol. The summed E-state index contributed by atoms with van der Waals surface area (Å²) in [5.41, 5.74) is 0.419. The van der Waals surface area contributed by atoms with Crippen LogP contribution in [0.15, 0.2) is 12.4 Å². The van der Waals surface area contributed by atoms with Gasteiger partial charge in [-0.05, 0) is 6.42 Å². The van der Waals surface area contributed by atoms with E-state index in [1.165, 1.54) is 19.2 Å². The molecule has 0 aliphatic carbocycles. The van der Waals surface area contributed by atoms with E-state index in [0.29, 0.717) is 5.69 Å². The van der Waals surface area contributed by atoms with Gasteiger partial charge < -0.3 is 4.90 Å². The first-order valence-electron chi connectivity index (χ1n) is 5.21. The fraction of sp³-hybridized carbons (Fsp3) is 0.545. The lowest BCUT2D eigenvalue weighted by atomic mass is 10.2. The fourth-order valence-corrected chi connectivity index (χ4v) is 1.33. The number of anilines is 1.